The average Bonchev–Trinajstić information content (AvgIpc) is 2.91. The minimum atomic E-state index is -0.681. The molecule has 1 fully saturated rings. The molecule has 7 nitrogen and oxygen atoms in total. The second kappa shape index (κ2) is 4.85. The first-order valence-corrected chi connectivity index (χ1v) is 6.90. The maximum Gasteiger partial charge on any atom is 0.161 e. The Balaban J connectivity index is 2.09. The van der Waals surface area contributed by atoms with Gasteiger partial charge < -0.3 is 25.3 Å². The molecular formula is C11H13IN4O3. The van der Waals surface area contributed by atoms with Crippen molar-refractivity contribution in [2.75, 3.05) is 12.3 Å². The molecule has 1 aliphatic rings. The molecule has 0 unspecified atom stereocenters. The number of aliphatic hydroxyl groups excluding tert-OH is 2. The van der Waals surface area contributed by atoms with Crippen LogP contribution in [-0.4, -0.2) is 43.6 Å². The van der Waals surface area contributed by atoms with Crippen LogP contribution in [0.3, 0.4) is 0 Å². The van der Waals surface area contributed by atoms with Crippen molar-refractivity contribution in [3.05, 3.63) is 16.1 Å². The molecule has 0 saturated carbocycles. The summed E-state index contributed by atoms with van der Waals surface area (Å²) in [7, 11) is 0. The number of ether oxygens (including phenoxy) is 1. The predicted molar refractivity (Wildman–Crippen MR) is 76.3 cm³/mol. The summed E-state index contributed by atoms with van der Waals surface area (Å²) in [5.74, 6) is 0.402. The normalized spacial score (nSPS) is 27.2. The fourth-order valence-corrected chi connectivity index (χ4v) is 3.17. The number of halogens is 1. The van der Waals surface area contributed by atoms with Gasteiger partial charge in [0.15, 0.2) is 6.23 Å². The second-order valence-electron chi connectivity index (χ2n) is 4.48. The molecule has 2 aromatic heterocycles. The molecule has 3 rings (SSSR count). The Morgan fingerprint density at radius 2 is 2.32 bits per heavy atom. The van der Waals surface area contributed by atoms with Gasteiger partial charge in [0.25, 0.3) is 0 Å². The summed E-state index contributed by atoms with van der Waals surface area (Å²) in [6, 6.07) is 0. The van der Waals surface area contributed by atoms with E-state index in [2.05, 4.69) is 32.6 Å². The summed E-state index contributed by atoms with van der Waals surface area (Å²) in [6.07, 6.45) is 2.02. The monoisotopic (exact) mass is 376 g/mol. The number of aliphatic hydroxyl groups is 2. The van der Waals surface area contributed by atoms with Crippen LogP contribution < -0.4 is 5.73 Å². The third kappa shape index (κ3) is 2.08. The number of fused-ring (bicyclic) bond motifs is 1. The minimum absolute atomic E-state index is 0.110. The number of nitrogen functional groups attached to an aromatic ring is 1. The molecule has 0 aromatic carbocycles. The fraction of sp³-hybridized carbons (Fsp3) is 0.455. The van der Waals surface area contributed by atoms with Crippen molar-refractivity contribution >= 4 is 39.4 Å². The summed E-state index contributed by atoms with van der Waals surface area (Å²) in [5, 5.41) is 19.9. The molecule has 2 aromatic rings. The summed E-state index contributed by atoms with van der Waals surface area (Å²) < 4.78 is 8.27. The number of hydrogen-bond donors (Lipinski definition) is 3. The number of rotatable bonds is 2. The maximum atomic E-state index is 10.0. The van der Waals surface area contributed by atoms with E-state index < -0.39 is 12.3 Å². The zero-order valence-corrected chi connectivity index (χ0v) is 12.1. The van der Waals surface area contributed by atoms with E-state index in [0.29, 0.717) is 17.9 Å². The Morgan fingerprint density at radius 3 is 3.00 bits per heavy atom. The summed E-state index contributed by atoms with van der Waals surface area (Å²) in [4.78, 5) is 8.17. The van der Waals surface area contributed by atoms with Gasteiger partial charge in [-0.3, -0.25) is 0 Å². The molecular weight excluding hydrogens is 363 g/mol. The van der Waals surface area contributed by atoms with Gasteiger partial charge in [0, 0.05) is 16.2 Å². The lowest BCUT2D eigenvalue weighted by Crippen LogP contribution is -2.19. The van der Waals surface area contributed by atoms with Crippen LogP contribution in [-0.2, 0) is 4.74 Å². The highest BCUT2D eigenvalue weighted by Gasteiger charge is 2.36. The Hall–Kier alpha value is -0.970. The third-order valence-electron chi connectivity index (χ3n) is 3.24. The SMILES string of the molecule is Nc1ncnc2c1c(I)cn2[C@H]1O[C@H](CO)C[C@H]1O. The van der Waals surface area contributed by atoms with Crippen LogP contribution in [0.1, 0.15) is 12.6 Å². The van der Waals surface area contributed by atoms with Crippen molar-refractivity contribution in [2.24, 2.45) is 0 Å². The summed E-state index contributed by atoms with van der Waals surface area (Å²) in [5.41, 5.74) is 6.47. The van der Waals surface area contributed by atoms with Crippen LogP contribution in [0.5, 0.6) is 0 Å². The van der Waals surface area contributed by atoms with Crippen molar-refractivity contribution in [1.29, 1.82) is 0 Å². The molecule has 4 N–H and O–H groups in total. The van der Waals surface area contributed by atoms with Crippen LogP contribution in [0.2, 0.25) is 0 Å². The van der Waals surface area contributed by atoms with Crippen molar-refractivity contribution in [3.8, 4) is 0 Å². The van der Waals surface area contributed by atoms with Crippen molar-refractivity contribution in [1.82, 2.24) is 14.5 Å². The highest BCUT2D eigenvalue weighted by Crippen LogP contribution is 2.34. The lowest BCUT2D eigenvalue weighted by atomic mass is 10.2. The van der Waals surface area contributed by atoms with Crippen molar-refractivity contribution < 1.29 is 14.9 Å². The molecule has 102 valence electrons. The smallest absolute Gasteiger partial charge is 0.161 e. The summed E-state index contributed by atoms with van der Waals surface area (Å²) in [6.45, 7) is -0.110. The Bertz CT molecular complexity index is 617. The number of hydrogen-bond acceptors (Lipinski definition) is 6. The van der Waals surface area contributed by atoms with Crippen LogP contribution in [0.25, 0.3) is 11.0 Å². The molecule has 0 radical (unpaired) electrons. The van der Waals surface area contributed by atoms with E-state index in [0.717, 1.165) is 8.96 Å². The molecule has 0 aliphatic carbocycles. The maximum absolute atomic E-state index is 10.0. The van der Waals surface area contributed by atoms with Gasteiger partial charge in [-0.25, -0.2) is 9.97 Å². The van der Waals surface area contributed by atoms with Gasteiger partial charge in [-0.2, -0.15) is 0 Å². The predicted octanol–water partition coefficient (Wildman–Crippen LogP) is 0.259. The molecule has 8 heteroatoms. The molecule has 3 heterocycles. The van der Waals surface area contributed by atoms with E-state index >= 15 is 0 Å². The average molecular weight is 376 g/mol. The number of nitrogens with zero attached hydrogens (tertiary/aromatic N) is 3. The highest BCUT2D eigenvalue weighted by atomic mass is 127. The zero-order chi connectivity index (χ0) is 13.6. The first-order valence-electron chi connectivity index (χ1n) is 5.82. The molecule has 0 spiro atoms. The van der Waals surface area contributed by atoms with Gasteiger partial charge in [-0.15, -0.1) is 0 Å². The lowest BCUT2D eigenvalue weighted by molar-refractivity contribution is -0.0484. The van der Waals surface area contributed by atoms with E-state index in [9.17, 15) is 5.11 Å². The van der Waals surface area contributed by atoms with Crippen molar-refractivity contribution in [3.63, 3.8) is 0 Å². The number of aromatic nitrogens is 3. The number of anilines is 1. The van der Waals surface area contributed by atoms with Crippen LogP contribution in [0.4, 0.5) is 5.82 Å². The van der Waals surface area contributed by atoms with Gasteiger partial charge in [-0.05, 0) is 22.6 Å². The standard InChI is InChI=1S/C11H13IN4O3/c12-6-2-16(10-8(6)9(13)14-4-15-10)11-7(18)1-5(3-17)19-11/h2,4-5,7,11,17-18H,1,3H2,(H2,13,14,15)/t5-,7+,11-/m0/s1. The summed E-state index contributed by atoms with van der Waals surface area (Å²) >= 11 is 2.15. The van der Waals surface area contributed by atoms with E-state index in [1.807, 2.05) is 6.20 Å². The topological polar surface area (TPSA) is 106 Å². The van der Waals surface area contributed by atoms with Gasteiger partial charge in [-0.1, -0.05) is 0 Å². The van der Waals surface area contributed by atoms with E-state index in [1.165, 1.54) is 6.33 Å². The molecule has 1 aliphatic heterocycles. The van der Waals surface area contributed by atoms with Crippen LogP contribution in [0, 0.1) is 3.57 Å². The van der Waals surface area contributed by atoms with Gasteiger partial charge in [0.1, 0.15) is 23.9 Å². The second-order valence-corrected chi connectivity index (χ2v) is 5.64. The molecule has 19 heavy (non-hydrogen) atoms. The molecule has 0 amide bonds. The number of nitrogens with two attached hydrogens (primary N) is 1. The first kappa shape index (κ1) is 13.0. The van der Waals surface area contributed by atoms with Gasteiger partial charge >= 0.3 is 0 Å². The third-order valence-corrected chi connectivity index (χ3v) is 4.05. The first-order chi connectivity index (χ1) is 9.11. The quantitative estimate of drug-likeness (QED) is 0.650. The van der Waals surface area contributed by atoms with E-state index in [4.69, 9.17) is 15.6 Å². The van der Waals surface area contributed by atoms with Gasteiger partial charge in [0.05, 0.1) is 18.1 Å². The van der Waals surface area contributed by atoms with E-state index in [1.54, 1.807) is 4.57 Å². The Labute approximate surface area is 122 Å². The largest absolute Gasteiger partial charge is 0.394 e. The van der Waals surface area contributed by atoms with E-state index in [-0.39, 0.29) is 12.7 Å². The Morgan fingerprint density at radius 1 is 1.53 bits per heavy atom. The zero-order valence-electron chi connectivity index (χ0n) is 9.90. The molecule has 1 saturated heterocycles. The fourth-order valence-electron chi connectivity index (χ4n) is 2.35. The molecule has 0 bridgehead atoms. The van der Waals surface area contributed by atoms with Gasteiger partial charge in [0.2, 0.25) is 0 Å². The van der Waals surface area contributed by atoms with Crippen LogP contribution >= 0.6 is 22.6 Å². The minimum Gasteiger partial charge on any atom is -0.394 e. The van der Waals surface area contributed by atoms with Crippen LogP contribution in [0.15, 0.2) is 12.5 Å². The van der Waals surface area contributed by atoms with Crippen molar-refractivity contribution in [2.45, 2.75) is 24.9 Å². The lowest BCUT2D eigenvalue weighted by Gasteiger charge is -2.17. The highest BCUT2D eigenvalue weighted by molar-refractivity contribution is 14.1. The Kier molecular flexibility index (Phi) is 3.33. The molecule has 3 atom stereocenters.